The van der Waals surface area contributed by atoms with Gasteiger partial charge in [0.05, 0.1) is 11.3 Å². The first-order valence-corrected chi connectivity index (χ1v) is 9.51. The molecule has 2 heterocycles. The van der Waals surface area contributed by atoms with Crippen LogP contribution in [0.2, 0.25) is 0 Å². The summed E-state index contributed by atoms with van der Waals surface area (Å²) in [4.78, 5) is 3.16. The number of nitrogens with two attached hydrogens (primary N) is 1. The van der Waals surface area contributed by atoms with Crippen LogP contribution in [0.1, 0.15) is 11.1 Å². The molecule has 0 saturated heterocycles. The van der Waals surface area contributed by atoms with E-state index in [2.05, 4.69) is 26.3 Å². The van der Waals surface area contributed by atoms with Crippen molar-refractivity contribution >= 4 is 39.1 Å². The van der Waals surface area contributed by atoms with E-state index in [4.69, 9.17) is 5.73 Å². The number of fused-ring (bicyclic) bond motifs is 1. The van der Waals surface area contributed by atoms with Crippen LogP contribution in [0, 0.1) is 0 Å². The summed E-state index contributed by atoms with van der Waals surface area (Å²) in [5.74, 6) is 0. The van der Waals surface area contributed by atoms with E-state index in [1.807, 2.05) is 23.6 Å². The molecule has 6 nitrogen and oxygen atoms in total. The van der Waals surface area contributed by atoms with Gasteiger partial charge in [-0.25, -0.2) is 10.4 Å². The number of anilines is 1. The third-order valence-electron chi connectivity index (χ3n) is 4.03. The Labute approximate surface area is 176 Å². The van der Waals surface area contributed by atoms with Crippen LogP contribution in [-0.4, -0.2) is 15.9 Å². The molecule has 154 valence electrons. The van der Waals surface area contributed by atoms with Gasteiger partial charge in [-0.2, -0.15) is 13.2 Å². The molecule has 3 aromatic rings. The van der Waals surface area contributed by atoms with Crippen LogP contribution in [0.15, 0.2) is 63.7 Å². The predicted octanol–water partition coefficient (Wildman–Crippen LogP) is 3.33. The summed E-state index contributed by atoms with van der Waals surface area (Å²) < 4.78 is 41.4. The molecule has 1 aromatic heterocycles. The molecule has 11 heteroatoms. The van der Waals surface area contributed by atoms with Gasteiger partial charge >= 0.3 is 11.3 Å². The van der Waals surface area contributed by atoms with Gasteiger partial charge in [0.25, 0.3) is 0 Å². The Bertz CT molecular complexity index is 1070. The van der Waals surface area contributed by atoms with Crippen LogP contribution < -0.4 is 15.8 Å². The number of H-pyrrole nitrogens is 1. The monoisotopic (exact) mass is 489 g/mol. The highest BCUT2D eigenvalue weighted by Gasteiger charge is 2.33. The van der Waals surface area contributed by atoms with Gasteiger partial charge in [0.15, 0.2) is 5.69 Å². The summed E-state index contributed by atoms with van der Waals surface area (Å²) in [6.45, 7) is 0. The third-order valence-corrected chi connectivity index (χ3v) is 5.65. The standard InChI is InChI=1S/C18H12BrF3N4S.2H2O/c19-16-15(11-4-1-5-12(7-11)18(20,21)22)24-17-26(16)25-14(9-27-17)10-3-2-6-13(23)8-10;;/h1-9,25H,23H2;2*1H2/p+1. The van der Waals surface area contributed by atoms with Gasteiger partial charge in [-0.3, -0.25) is 0 Å². The SMILES string of the molecule is Nc1cccc(C2=CSc3[nH]c(-c4cccc(C(F)(F)F)c4)c(Br)[n+]3N2)c1.O.O. The van der Waals surface area contributed by atoms with Crippen molar-refractivity contribution in [3.63, 3.8) is 0 Å². The van der Waals surface area contributed by atoms with E-state index in [1.165, 1.54) is 17.8 Å². The molecule has 0 radical (unpaired) electrons. The van der Waals surface area contributed by atoms with Crippen LogP contribution in [0.3, 0.4) is 0 Å². The number of aromatic nitrogens is 2. The molecule has 2 aromatic carbocycles. The first kappa shape index (κ1) is 22.8. The molecule has 0 amide bonds. The highest BCUT2D eigenvalue weighted by Crippen LogP contribution is 2.35. The minimum absolute atomic E-state index is 0. The smallest absolute Gasteiger partial charge is 0.412 e. The Hall–Kier alpha value is -2.47. The number of nitrogens with one attached hydrogen (secondary N) is 2. The predicted molar refractivity (Wildman–Crippen MR) is 110 cm³/mol. The number of alkyl halides is 3. The van der Waals surface area contributed by atoms with Crippen LogP contribution in [-0.2, 0) is 6.18 Å². The second kappa shape index (κ2) is 8.49. The van der Waals surface area contributed by atoms with Crippen LogP contribution in [0.4, 0.5) is 18.9 Å². The minimum Gasteiger partial charge on any atom is -0.412 e. The van der Waals surface area contributed by atoms with Gasteiger partial charge in [0, 0.05) is 38.2 Å². The summed E-state index contributed by atoms with van der Waals surface area (Å²) in [7, 11) is 0. The molecule has 0 unspecified atom stereocenters. The van der Waals surface area contributed by atoms with Gasteiger partial charge in [-0.05, 0) is 36.0 Å². The molecule has 29 heavy (non-hydrogen) atoms. The lowest BCUT2D eigenvalue weighted by molar-refractivity contribution is -0.690. The van der Waals surface area contributed by atoms with Gasteiger partial charge < -0.3 is 16.7 Å². The zero-order valence-corrected chi connectivity index (χ0v) is 17.0. The molecule has 0 atom stereocenters. The molecule has 0 spiro atoms. The van der Waals surface area contributed by atoms with Crippen LogP contribution >= 0.6 is 27.7 Å². The van der Waals surface area contributed by atoms with E-state index in [9.17, 15) is 13.2 Å². The number of nitrogen functional groups attached to an aromatic ring is 1. The molecular formula is C18H17BrF3N4O2S+. The van der Waals surface area contributed by atoms with Crippen molar-refractivity contribution in [2.45, 2.75) is 11.3 Å². The first-order chi connectivity index (χ1) is 12.8. The van der Waals surface area contributed by atoms with Gasteiger partial charge in [-0.1, -0.05) is 24.3 Å². The van der Waals surface area contributed by atoms with Crippen molar-refractivity contribution < 1.29 is 28.8 Å². The highest BCUT2D eigenvalue weighted by molar-refractivity contribution is 9.10. The molecule has 0 aliphatic carbocycles. The summed E-state index contributed by atoms with van der Waals surface area (Å²) in [5, 5.41) is 2.66. The number of hydrogen-bond acceptors (Lipinski definition) is 3. The second-order valence-corrected chi connectivity index (χ2v) is 7.51. The normalized spacial score (nSPS) is 12.8. The van der Waals surface area contributed by atoms with E-state index in [-0.39, 0.29) is 11.0 Å². The summed E-state index contributed by atoms with van der Waals surface area (Å²) in [5.41, 5.74) is 11.8. The van der Waals surface area contributed by atoms with E-state index in [0.29, 0.717) is 21.5 Å². The zero-order chi connectivity index (χ0) is 19.2. The van der Waals surface area contributed by atoms with Gasteiger partial charge in [0.1, 0.15) is 0 Å². The van der Waals surface area contributed by atoms with Crippen LogP contribution in [0.5, 0.6) is 0 Å². The summed E-state index contributed by atoms with van der Waals surface area (Å²) in [6.07, 6.45) is -4.39. The number of benzene rings is 2. The number of halogens is 4. The molecule has 8 N–H and O–H groups in total. The molecule has 0 saturated carbocycles. The Morgan fingerprint density at radius 1 is 1.00 bits per heavy atom. The van der Waals surface area contributed by atoms with E-state index < -0.39 is 11.7 Å². The van der Waals surface area contributed by atoms with Crippen molar-refractivity contribution in [1.82, 2.24) is 4.98 Å². The molecule has 0 fully saturated rings. The molecule has 1 aliphatic rings. The van der Waals surface area contributed by atoms with Crippen LogP contribution in [0.25, 0.3) is 17.0 Å². The van der Waals surface area contributed by atoms with Crippen molar-refractivity contribution in [1.29, 1.82) is 0 Å². The molecule has 4 rings (SSSR count). The number of rotatable bonds is 2. The number of nitrogens with zero attached hydrogens (tertiary/aromatic N) is 1. The zero-order valence-electron chi connectivity index (χ0n) is 14.6. The topological polar surface area (TPSA) is 121 Å². The van der Waals surface area contributed by atoms with Crippen molar-refractivity contribution in [3.8, 4) is 11.3 Å². The van der Waals surface area contributed by atoms with Crippen molar-refractivity contribution in [2.75, 3.05) is 11.2 Å². The minimum atomic E-state index is -4.39. The lowest BCUT2D eigenvalue weighted by Gasteiger charge is -2.13. The van der Waals surface area contributed by atoms with E-state index in [0.717, 1.165) is 28.5 Å². The number of hydrogen-bond donors (Lipinski definition) is 3. The maximum atomic E-state index is 13.0. The van der Waals surface area contributed by atoms with Crippen molar-refractivity contribution in [3.05, 3.63) is 69.7 Å². The Kier molecular flexibility index (Phi) is 6.68. The van der Waals surface area contributed by atoms with Gasteiger partial charge in [0.2, 0.25) is 4.60 Å². The number of aromatic amines is 1. The average Bonchev–Trinajstić information content (AvgIpc) is 2.97. The summed E-state index contributed by atoms with van der Waals surface area (Å²) >= 11 is 4.91. The fourth-order valence-corrected chi connectivity index (χ4v) is 4.27. The quantitative estimate of drug-likeness (QED) is 0.378. The number of thioether (sulfide) groups is 1. The van der Waals surface area contributed by atoms with E-state index >= 15 is 0 Å². The lowest BCUT2D eigenvalue weighted by atomic mass is 10.1. The highest BCUT2D eigenvalue weighted by atomic mass is 79.9. The van der Waals surface area contributed by atoms with Gasteiger partial charge in [-0.15, -0.1) is 4.68 Å². The Morgan fingerprint density at radius 2 is 1.69 bits per heavy atom. The van der Waals surface area contributed by atoms with E-state index in [1.54, 1.807) is 16.8 Å². The first-order valence-electron chi connectivity index (χ1n) is 7.84. The fraction of sp³-hybridized carbons (Fsp3) is 0.0556. The average molecular weight is 490 g/mol. The largest absolute Gasteiger partial charge is 0.416 e. The third kappa shape index (κ3) is 4.42. The Balaban J connectivity index is 0.00000150. The fourth-order valence-electron chi connectivity index (χ4n) is 2.74. The maximum absolute atomic E-state index is 13.0. The molecule has 1 aliphatic heterocycles. The summed E-state index contributed by atoms with van der Waals surface area (Å²) in [6, 6.07) is 12.6. The molecule has 0 bridgehead atoms. The second-order valence-electron chi connectivity index (χ2n) is 5.90. The maximum Gasteiger partial charge on any atom is 0.416 e. The lowest BCUT2D eigenvalue weighted by Crippen LogP contribution is -2.47. The van der Waals surface area contributed by atoms with Crippen molar-refractivity contribution in [2.24, 2.45) is 0 Å². The molecular weight excluding hydrogens is 473 g/mol. The number of imidazole rings is 1. The Morgan fingerprint density at radius 3 is 2.38 bits per heavy atom.